The molecule has 1 unspecified atom stereocenters. The number of amides is 2. The minimum atomic E-state index is -0.398. The molecule has 1 aliphatic heterocycles. The van der Waals surface area contributed by atoms with Crippen LogP contribution in [0.2, 0.25) is 5.02 Å². The van der Waals surface area contributed by atoms with E-state index < -0.39 is 5.92 Å². The van der Waals surface area contributed by atoms with Crippen LogP contribution in [0.1, 0.15) is 12.1 Å². The molecule has 3 rings (SSSR count). The molecule has 0 spiro atoms. The maximum atomic E-state index is 12.6. The lowest BCUT2D eigenvalue weighted by Crippen LogP contribution is -2.34. The number of halogens is 1. The van der Waals surface area contributed by atoms with Crippen molar-refractivity contribution in [2.75, 3.05) is 25.6 Å². The highest BCUT2D eigenvalue weighted by Crippen LogP contribution is 2.32. The van der Waals surface area contributed by atoms with Crippen LogP contribution in [0.25, 0.3) is 0 Å². The highest BCUT2D eigenvalue weighted by Gasteiger charge is 2.36. The zero-order valence-electron chi connectivity index (χ0n) is 13.9. The van der Waals surface area contributed by atoms with E-state index in [-0.39, 0.29) is 18.2 Å². The van der Waals surface area contributed by atoms with Gasteiger partial charge in [0.2, 0.25) is 11.8 Å². The van der Waals surface area contributed by atoms with E-state index in [1.165, 1.54) is 13.4 Å². The Morgan fingerprint density at radius 2 is 2.28 bits per heavy atom. The first-order valence-corrected chi connectivity index (χ1v) is 8.15. The maximum Gasteiger partial charge on any atom is 0.228 e. The number of carbonyl (C=O) groups is 2. The van der Waals surface area contributed by atoms with E-state index in [2.05, 4.69) is 5.16 Å². The smallest absolute Gasteiger partial charge is 0.228 e. The summed E-state index contributed by atoms with van der Waals surface area (Å²) in [4.78, 5) is 28.1. The van der Waals surface area contributed by atoms with Gasteiger partial charge in [0.25, 0.3) is 0 Å². The fourth-order valence-electron chi connectivity index (χ4n) is 2.90. The second kappa shape index (κ2) is 7.14. The van der Waals surface area contributed by atoms with Crippen LogP contribution in [0.4, 0.5) is 5.69 Å². The lowest BCUT2D eigenvalue weighted by atomic mass is 10.1. The molecule has 1 aromatic carbocycles. The molecule has 0 saturated carbocycles. The average molecular weight is 364 g/mol. The molecule has 0 aliphatic carbocycles. The number of aromatic nitrogens is 1. The Morgan fingerprint density at radius 1 is 1.48 bits per heavy atom. The van der Waals surface area contributed by atoms with Crippen LogP contribution in [0.3, 0.4) is 0 Å². The molecule has 0 radical (unpaired) electrons. The van der Waals surface area contributed by atoms with Gasteiger partial charge in [-0.2, -0.15) is 0 Å². The van der Waals surface area contributed by atoms with Crippen LogP contribution in [0, 0.1) is 5.92 Å². The van der Waals surface area contributed by atoms with E-state index in [4.69, 9.17) is 20.9 Å². The number of benzene rings is 1. The van der Waals surface area contributed by atoms with Gasteiger partial charge < -0.3 is 19.1 Å². The van der Waals surface area contributed by atoms with Crippen molar-refractivity contribution in [3.8, 4) is 5.75 Å². The summed E-state index contributed by atoms with van der Waals surface area (Å²) in [6.45, 7) is 0.665. The summed E-state index contributed by atoms with van der Waals surface area (Å²) < 4.78 is 9.89. The average Bonchev–Trinajstić information content (AvgIpc) is 3.23. The minimum Gasteiger partial charge on any atom is -0.495 e. The number of anilines is 1. The van der Waals surface area contributed by atoms with Gasteiger partial charge in [0.1, 0.15) is 17.7 Å². The van der Waals surface area contributed by atoms with Crippen molar-refractivity contribution in [3.05, 3.63) is 41.2 Å². The number of carbonyl (C=O) groups excluding carboxylic acids is 2. The topological polar surface area (TPSA) is 75.9 Å². The second-order valence-corrected chi connectivity index (χ2v) is 6.32. The van der Waals surface area contributed by atoms with Gasteiger partial charge in [-0.3, -0.25) is 9.59 Å². The summed E-state index contributed by atoms with van der Waals surface area (Å²) in [7, 11) is 3.22. The molecule has 1 fully saturated rings. The van der Waals surface area contributed by atoms with Crippen molar-refractivity contribution < 1.29 is 18.8 Å². The Morgan fingerprint density at radius 3 is 2.92 bits per heavy atom. The fraction of sp³-hybridized carbons (Fsp3) is 0.353. The van der Waals surface area contributed by atoms with Crippen molar-refractivity contribution in [1.82, 2.24) is 10.1 Å². The summed E-state index contributed by atoms with van der Waals surface area (Å²) in [5, 5.41) is 4.22. The quantitative estimate of drug-likeness (QED) is 0.815. The molecule has 8 heteroatoms. The zero-order chi connectivity index (χ0) is 18.0. The summed E-state index contributed by atoms with van der Waals surface area (Å²) in [6, 6.07) is 6.84. The Balaban J connectivity index is 1.69. The number of methoxy groups -OCH3 is 1. The normalized spacial score (nSPS) is 17.0. The van der Waals surface area contributed by atoms with Crippen LogP contribution in [0.15, 0.2) is 35.1 Å². The molecular weight excluding hydrogens is 346 g/mol. The molecule has 0 bridgehead atoms. The van der Waals surface area contributed by atoms with Gasteiger partial charge in [0, 0.05) is 31.8 Å². The maximum absolute atomic E-state index is 12.6. The van der Waals surface area contributed by atoms with Gasteiger partial charge in [0.15, 0.2) is 0 Å². The third-order valence-electron chi connectivity index (χ3n) is 4.19. The Hall–Kier alpha value is -2.54. The lowest BCUT2D eigenvalue weighted by molar-refractivity contribution is -0.135. The van der Waals surface area contributed by atoms with E-state index in [1.807, 2.05) is 0 Å². The van der Waals surface area contributed by atoms with Crippen LogP contribution in [-0.2, 0) is 16.1 Å². The summed E-state index contributed by atoms with van der Waals surface area (Å²) in [6.07, 6.45) is 1.63. The summed E-state index contributed by atoms with van der Waals surface area (Å²) in [5.74, 6) is -0.0600. The number of nitrogens with zero attached hydrogens (tertiary/aromatic N) is 3. The van der Waals surface area contributed by atoms with E-state index in [0.717, 1.165) is 0 Å². The molecule has 1 atom stereocenters. The van der Waals surface area contributed by atoms with Crippen LogP contribution >= 0.6 is 11.6 Å². The Labute approximate surface area is 150 Å². The first kappa shape index (κ1) is 17.3. The van der Waals surface area contributed by atoms with Crippen LogP contribution in [0.5, 0.6) is 5.75 Å². The van der Waals surface area contributed by atoms with Crippen molar-refractivity contribution in [2.24, 2.45) is 5.92 Å². The molecular formula is C17H18ClN3O4. The number of rotatable bonds is 5. The first-order chi connectivity index (χ1) is 12.0. The molecule has 0 N–H and O–H groups in total. The third kappa shape index (κ3) is 3.61. The third-order valence-corrected chi connectivity index (χ3v) is 4.48. The summed E-state index contributed by atoms with van der Waals surface area (Å²) >= 11 is 6.13. The molecule has 1 saturated heterocycles. The van der Waals surface area contributed by atoms with Gasteiger partial charge in [-0.05, 0) is 18.2 Å². The van der Waals surface area contributed by atoms with Gasteiger partial charge >= 0.3 is 0 Å². The molecule has 1 aromatic heterocycles. The Bertz CT molecular complexity index is 778. The van der Waals surface area contributed by atoms with Crippen molar-refractivity contribution in [3.63, 3.8) is 0 Å². The largest absolute Gasteiger partial charge is 0.495 e. The predicted octanol–water partition coefficient (Wildman–Crippen LogP) is 2.35. The van der Waals surface area contributed by atoms with E-state index in [9.17, 15) is 9.59 Å². The van der Waals surface area contributed by atoms with Crippen molar-refractivity contribution >= 4 is 29.1 Å². The number of hydrogen-bond acceptors (Lipinski definition) is 5. The van der Waals surface area contributed by atoms with Crippen molar-refractivity contribution in [2.45, 2.75) is 13.0 Å². The highest BCUT2D eigenvalue weighted by atomic mass is 35.5. The van der Waals surface area contributed by atoms with Crippen LogP contribution in [-0.4, -0.2) is 42.6 Å². The van der Waals surface area contributed by atoms with Gasteiger partial charge in [0.05, 0.1) is 24.6 Å². The fourth-order valence-corrected chi connectivity index (χ4v) is 3.15. The predicted molar refractivity (Wildman–Crippen MR) is 91.4 cm³/mol. The van der Waals surface area contributed by atoms with Gasteiger partial charge in [-0.1, -0.05) is 16.8 Å². The number of hydrogen-bond donors (Lipinski definition) is 0. The van der Waals surface area contributed by atoms with Crippen molar-refractivity contribution in [1.29, 1.82) is 0 Å². The SMILES string of the molecule is COc1ccc(N2CC(C(=O)N(C)Cc3ccon3)CC2=O)cc1Cl. The molecule has 2 heterocycles. The lowest BCUT2D eigenvalue weighted by Gasteiger charge is -2.21. The highest BCUT2D eigenvalue weighted by molar-refractivity contribution is 6.32. The van der Waals surface area contributed by atoms with Gasteiger partial charge in [-0.15, -0.1) is 0 Å². The Kier molecular flexibility index (Phi) is 4.94. The zero-order valence-corrected chi connectivity index (χ0v) is 14.7. The molecule has 2 amide bonds. The monoisotopic (exact) mass is 363 g/mol. The van der Waals surface area contributed by atoms with E-state index in [0.29, 0.717) is 35.2 Å². The molecule has 132 valence electrons. The molecule has 25 heavy (non-hydrogen) atoms. The minimum absolute atomic E-state index is 0.0986. The van der Waals surface area contributed by atoms with Gasteiger partial charge in [-0.25, -0.2) is 0 Å². The molecule has 2 aromatic rings. The standard InChI is InChI=1S/C17H18ClN3O4/c1-20(10-12-5-6-25-19-12)17(23)11-7-16(22)21(9-11)13-3-4-15(24-2)14(18)8-13/h3-6,8,11H,7,9-10H2,1-2H3. The van der Waals surface area contributed by atoms with E-state index >= 15 is 0 Å². The van der Waals surface area contributed by atoms with E-state index in [1.54, 1.807) is 41.1 Å². The number of ether oxygens (including phenoxy) is 1. The molecule has 7 nitrogen and oxygen atoms in total. The summed E-state index contributed by atoms with van der Waals surface area (Å²) in [5.41, 5.74) is 1.32. The van der Waals surface area contributed by atoms with Crippen LogP contribution < -0.4 is 9.64 Å². The first-order valence-electron chi connectivity index (χ1n) is 7.77. The second-order valence-electron chi connectivity index (χ2n) is 5.91. The molecule has 1 aliphatic rings.